The molecule has 1 heterocycles. The van der Waals surface area contributed by atoms with Gasteiger partial charge in [0.25, 0.3) is 5.91 Å². The average Bonchev–Trinajstić information content (AvgIpc) is 2.76. The third-order valence-corrected chi connectivity index (χ3v) is 4.61. The molecular formula is C21H21NO4. The summed E-state index contributed by atoms with van der Waals surface area (Å²) in [6.45, 7) is 1.87. The zero-order chi connectivity index (χ0) is 18.7. The fourth-order valence-electron chi connectivity index (χ4n) is 2.92. The lowest BCUT2D eigenvalue weighted by Crippen LogP contribution is -2.37. The van der Waals surface area contributed by atoms with Crippen molar-refractivity contribution in [3.63, 3.8) is 0 Å². The number of rotatable bonds is 3. The Morgan fingerprint density at radius 3 is 2.31 bits per heavy atom. The Morgan fingerprint density at radius 1 is 1.04 bits per heavy atom. The van der Waals surface area contributed by atoms with E-state index in [1.807, 2.05) is 37.3 Å². The van der Waals surface area contributed by atoms with Gasteiger partial charge in [-0.3, -0.25) is 4.79 Å². The number of benzene rings is 2. The zero-order valence-electron chi connectivity index (χ0n) is 15.0. The SMILES string of the molecule is COc1ccc(C=C2C(=O)O[C@@H](c3ccccc3)[C@@H](C)N(C)C2=O)cc1. The number of esters is 1. The fraction of sp³-hybridized carbons (Fsp3) is 0.238. The van der Waals surface area contributed by atoms with Gasteiger partial charge in [0, 0.05) is 7.05 Å². The second-order valence-corrected chi connectivity index (χ2v) is 6.22. The largest absolute Gasteiger partial charge is 0.497 e. The van der Waals surface area contributed by atoms with E-state index in [0.717, 1.165) is 11.1 Å². The van der Waals surface area contributed by atoms with Crippen LogP contribution in [0.1, 0.15) is 24.2 Å². The summed E-state index contributed by atoms with van der Waals surface area (Å²) in [4.78, 5) is 27.0. The molecule has 0 N–H and O–H groups in total. The summed E-state index contributed by atoms with van der Waals surface area (Å²) in [7, 11) is 3.27. The Balaban J connectivity index is 1.96. The number of carbonyl (C=O) groups is 2. The van der Waals surface area contributed by atoms with Gasteiger partial charge in [-0.2, -0.15) is 0 Å². The molecule has 2 aromatic rings. The third kappa shape index (κ3) is 3.47. The van der Waals surface area contributed by atoms with Crippen LogP contribution in [-0.4, -0.2) is 37.0 Å². The monoisotopic (exact) mass is 351 g/mol. The number of ether oxygens (including phenoxy) is 2. The van der Waals surface area contributed by atoms with Gasteiger partial charge in [-0.25, -0.2) is 4.79 Å². The zero-order valence-corrected chi connectivity index (χ0v) is 15.0. The first-order valence-electron chi connectivity index (χ1n) is 8.40. The number of hydrogen-bond donors (Lipinski definition) is 0. The van der Waals surface area contributed by atoms with Gasteiger partial charge in [0.15, 0.2) is 0 Å². The molecule has 2 atom stereocenters. The minimum Gasteiger partial charge on any atom is -0.497 e. The number of likely N-dealkylation sites (N-methyl/N-ethyl adjacent to an activating group) is 1. The van der Waals surface area contributed by atoms with Crippen LogP contribution in [0.3, 0.4) is 0 Å². The van der Waals surface area contributed by atoms with E-state index >= 15 is 0 Å². The van der Waals surface area contributed by atoms with Gasteiger partial charge in [-0.15, -0.1) is 0 Å². The van der Waals surface area contributed by atoms with Gasteiger partial charge in [0.1, 0.15) is 17.4 Å². The van der Waals surface area contributed by atoms with Crippen LogP contribution in [0.5, 0.6) is 5.75 Å². The summed E-state index contributed by atoms with van der Waals surface area (Å²) in [5.41, 5.74) is 1.60. The molecule has 2 aromatic carbocycles. The van der Waals surface area contributed by atoms with Crippen LogP contribution < -0.4 is 4.74 Å². The lowest BCUT2D eigenvalue weighted by Gasteiger charge is -2.28. The first-order chi connectivity index (χ1) is 12.5. The molecule has 1 fully saturated rings. The van der Waals surface area contributed by atoms with Crippen molar-refractivity contribution in [2.45, 2.75) is 19.1 Å². The summed E-state index contributed by atoms with van der Waals surface area (Å²) in [6.07, 6.45) is 1.04. The highest BCUT2D eigenvalue weighted by Gasteiger charge is 2.37. The van der Waals surface area contributed by atoms with Crippen molar-refractivity contribution in [3.8, 4) is 5.75 Å². The van der Waals surface area contributed by atoms with E-state index in [4.69, 9.17) is 9.47 Å². The van der Waals surface area contributed by atoms with Crippen molar-refractivity contribution >= 4 is 18.0 Å². The molecule has 0 aromatic heterocycles. The van der Waals surface area contributed by atoms with Gasteiger partial charge < -0.3 is 14.4 Å². The average molecular weight is 351 g/mol. The minimum absolute atomic E-state index is 0.0166. The topological polar surface area (TPSA) is 55.8 Å². The van der Waals surface area contributed by atoms with E-state index < -0.39 is 12.1 Å². The van der Waals surface area contributed by atoms with Crippen molar-refractivity contribution in [2.24, 2.45) is 0 Å². The van der Waals surface area contributed by atoms with Crippen LogP contribution in [0, 0.1) is 0 Å². The molecule has 1 amide bonds. The van der Waals surface area contributed by atoms with E-state index in [0.29, 0.717) is 5.75 Å². The molecule has 3 rings (SSSR count). The molecule has 26 heavy (non-hydrogen) atoms. The summed E-state index contributed by atoms with van der Waals surface area (Å²) in [5, 5.41) is 0. The highest BCUT2D eigenvalue weighted by Crippen LogP contribution is 2.30. The first kappa shape index (κ1) is 17.7. The van der Waals surface area contributed by atoms with E-state index in [-0.39, 0.29) is 17.5 Å². The molecule has 0 aliphatic carbocycles. The Kier molecular flexibility index (Phi) is 5.07. The van der Waals surface area contributed by atoms with E-state index in [1.165, 1.54) is 0 Å². The van der Waals surface area contributed by atoms with Crippen LogP contribution in [0.15, 0.2) is 60.2 Å². The van der Waals surface area contributed by atoms with Gasteiger partial charge >= 0.3 is 5.97 Å². The van der Waals surface area contributed by atoms with Gasteiger partial charge in [-0.1, -0.05) is 42.5 Å². The Hall–Kier alpha value is -3.08. The number of cyclic esters (lactones) is 1. The van der Waals surface area contributed by atoms with Gasteiger partial charge in [-0.05, 0) is 36.3 Å². The summed E-state index contributed by atoms with van der Waals surface area (Å²) >= 11 is 0. The van der Waals surface area contributed by atoms with Gasteiger partial charge in [0.2, 0.25) is 0 Å². The fourth-order valence-corrected chi connectivity index (χ4v) is 2.92. The van der Waals surface area contributed by atoms with Crippen LogP contribution in [0.2, 0.25) is 0 Å². The summed E-state index contributed by atoms with van der Waals surface area (Å²) in [6, 6.07) is 16.3. The van der Waals surface area contributed by atoms with Crippen molar-refractivity contribution < 1.29 is 19.1 Å². The molecule has 1 aliphatic heterocycles. The van der Waals surface area contributed by atoms with Gasteiger partial charge in [0.05, 0.1) is 13.2 Å². The van der Waals surface area contributed by atoms with Crippen molar-refractivity contribution in [1.29, 1.82) is 0 Å². The predicted octanol–water partition coefficient (Wildman–Crippen LogP) is 3.22. The summed E-state index contributed by atoms with van der Waals surface area (Å²) < 4.78 is 10.8. The maximum Gasteiger partial charge on any atom is 0.344 e. The molecule has 1 aliphatic rings. The van der Waals surface area contributed by atoms with Crippen molar-refractivity contribution in [3.05, 3.63) is 71.3 Å². The Morgan fingerprint density at radius 2 is 1.69 bits per heavy atom. The number of hydrogen-bond acceptors (Lipinski definition) is 4. The molecule has 0 unspecified atom stereocenters. The lowest BCUT2D eigenvalue weighted by molar-refractivity contribution is -0.145. The third-order valence-electron chi connectivity index (χ3n) is 4.61. The number of amides is 1. The maximum absolute atomic E-state index is 12.8. The summed E-state index contributed by atoms with van der Waals surface area (Å²) in [5.74, 6) is -0.260. The maximum atomic E-state index is 12.8. The standard InChI is InChI=1S/C21H21NO4/c1-14-19(16-7-5-4-6-8-16)26-21(24)18(20(23)22(14)2)13-15-9-11-17(25-3)12-10-15/h4-14,19H,1-3H3/t14-,19-/m1/s1. The molecule has 0 radical (unpaired) electrons. The van der Waals surface area contributed by atoms with Crippen LogP contribution in [0.4, 0.5) is 0 Å². The smallest absolute Gasteiger partial charge is 0.344 e. The molecular weight excluding hydrogens is 330 g/mol. The van der Waals surface area contributed by atoms with Crippen molar-refractivity contribution in [1.82, 2.24) is 4.90 Å². The quantitative estimate of drug-likeness (QED) is 0.484. The number of carbonyl (C=O) groups excluding carboxylic acids is 2. The molecule has 1 saturated heterocycles. The Labute approximate surface area is 152 Å². The lowest BCUT2D eigenvalue weighted by atomic mass is 10.0. The van der Waals surface area contributed by atoms with Crippen LogP contribution >= 0.6 is 0 Å². The second kappa shape index (κ2) is 7.44. The molecule has 5 nitrogen and oxygen atoms in total. The molecule has 5 heteroatoms. The Bertz CT molecular complexity index is 827. The molecule has 0 saturated carbocycles. The molecule has 0 bridgehead atoms. The van der Waals surface area contributed by atoms with Crippen molar-refractivity contribution in [2.75, 3.05) is 14.2 Å². The predicted molar refractivity (Wildman–Crippen MR) is 98.5 cm³/mol. The highest BCUT2D eigenvalue weighted by molar-refractivity contribution is 6.20. The van der Waals surface area contributed by atoms with E-state index in [9.17, 15) is 9.59 Å². The second-order valence-electron chi connectivity index (χ2n) is 6.22. The molecule has 0 spiro atoms. The highest BCUT2D eigenvalue weighted by atomic mass is 16.5. The first-order valence-corrected chi connectivity index (χ1v) is 8.40. The number of methoxy groups -OCH3 is 1. The van der Waals surface area contributed by atoms with Crippen LogP contribution in [-0.2, 0) is 14.3 Å². The minimum atomic E-state index is -0.615. The molecule has 134 valence electrons. The van der Waals surface area contributed by atoms with Crippen LogP contribution in [0.25, 0.3) is 6.08 Å². The normalized spacial score (nSPS) is 22.1. The number of nitrogens with zero attached hydrogens (tertiary/aromatic N) is 1. The van der Waals surface area contributed by atoms with E-state index in [1.54, 1.807) is 49.4 Å². The van der Waals surface area contributed by atoms with E-state index in [2.05, 4.69) is 0 Å².